The SMILES string of the molecule is Cc1onc(-c2ccccc2)c1C(=O)NC(C)c1ccc(Br)cc1. The Morgan fingerprint density at radius 1 is 1.12 bits per heavy atom. The van der Waals surface area contributed by atoms with Crippen LogP contribution in [0.4, 0.5) is 0 Å². The molecule has 5 heteroatoms. The van der Waals surface area contributed by atoms with Crippen molar-refractivity contribution in [3.05, 3.63) is 76.0 Å². The Hall–Kier alpha value is -2.40. The summed E-state index contributed by atoms with van der Waals surface area (Å²) in [5.41, 5.74) is 2.93. The van der Waals surface area contributed by atoms with Crippen molar-refractivity contribution < 1.29 is 9.32 Å². The van der Waals surface area contributed by atoms with Crippen molar-refractivity contribution in [2.24, 2.45) is 0 Å². The zero-order chi connectivity index (χ0) is 17.1. The minimum atomic E-state index is -0.192. The Morgan fingerprint density at radius 2 is 1.79 bits per heavy atom. The first-order valence-corrected chi connectivity index (χ1v) is 8.43. The molecule has 24 heavy (non-hydrogen) atoms. The number of nitrogens with zero attached hydrogens (tertiary/aromatic N) is 1. The van der Waals surface area contributed by atoms with Crippen LogP contribution < -0.4 is 5.32 Å². The average molecular weight is 385 g/mol. The number of hydrogen-bond acceptors (Lipinski definition) is 3. The highest BCUT2D eigenvalue weighted by Crippen LogP contribution is 2.26. The number of hydrogen-bond donors (Lipinski definition) is 1. The van der Waals surface area contributed by atoms with E-state index >= 15 is 0 Å². The standard InChI is InChI=1S/C19H17BrN2O2/c1-12(14-8-10-16(20)11-9-14)21-19(23)17-13(2)24-22-18(17)15-6-4-3-5-7-15/h3-12H,1-2H3,(H,21,23). The van der Waals surface area contributed by atoms with Crippen LogP contribution >= 0.6 is 15.9 Å². The van der Waals surface area contributed by atoms with Crippen molar-refractivity contribution in [1.29, 1.82) is 0 Å². The van der Waals surface area contributed by atoms with Crippen molar-refractivity contribution in [3.63, 3.8) is 0 Å². The lowest BCUT2D eigenvalue weighted by Gasteiger charge is -2.14. The van der Waals surface area contributed by atoms with E-state index in [0.717, 1.165) is 15.6 Å². The van der Waals surface area contributed by atoms with Crippen LogP contribution in [0.15, 0.2) is 63.6 Å². The molecule has 1 aromatic heterocycles. The fraction of sp³-hybridized carbons (Fsp3) is 0.158. The predicted molar refractivity (Wildman–Crippen MR) is 96.7 cm³/mol. The van der Waals surface area contributed by atoms with Crippen LogP contribution in [-0.2, 0) is 0 Å². The maximum absolute atomic E-state index is 12.8. The van der Waals surface area contributed by atoms with Crippen molar-refractivity contribution in [1.82, 2.24) is 10.5 Å². The molecule has 0 saturated heterocycles. The largest absolute Gasteiger partial charge is 0.360 e. The summed E-state index contributed by atoms with van der Waals surface area (Å²) < 4.78 is 6.26. The third-order valence-corrected chi connectivity index (χ3v) is 4.38. The van der Waals surface area contributed by atoms with E-state index in [1.54, 1.807) is 6.92 Å². The number of halogens is 1. The summed E-state index contributed by atoms with van der Waals surface area (Å²) in [5.74, 6) is 0.317. The summed E-state index contributed by atoms with van der Waals surface area (Å²) in [5, 5.41) is 7.07. The Morgan fingerprint density at radius 3 is 2.46 bits per heavy atom. The van der Waals surface area contributed by atoms with E-state index in [9.17, 15) is 4.79 Å². The number of carbonyl (C=O) groups excluding carboxylic acids is 1. The third-order valence-electron chi connectivity index (χ3n) is 3.85. The maximum atomic E-state index is 12.8. The molecule has 1 amide bonds. The molecule has 0 aliphatic rings. The fourth-order valence-corrected chi connectivity index (χ4v) is 2.80. The Labute approximate surface area is 149 Å². The van der Waals surface area contributed by atoms with E-state index < -0.39 is 0 Å². The minimum absolute atomic E-state index is 0.122. The van der Waals surface area contributed by atoms with E-state index in [1.165, 1.54) is 0 Å². The van der Waals surface area contributed by atoms with Crippen LogP contribution in [0.25, 0.3) is 11.3 Å². The van der Waals surface area contributed by atoms with Crippen molar-refractivity contribution in [3.8, 4) is 11.3 Å². The van der Waals surface area contributed by atoms with Crippen molar-refractivity contribution in [2.45, 2.75) is 19.9 Å². The van der Waals surface area contributed by atoms with Crippen molar-refractivity contribution >= 4 is 21.8 Å². The van der Waals surface area contributed by atoms with Gasteiger partial charge in [-0.25, -0.2) is 0 Å². The third kappa shape index (κ3) is 3.41. The molecule has 0 spiro atoms. The zero-order valence-corrected chi connectivity index (χ0v) is 15.0. The van der Waals surface area contributed by atoms with Gasteiger partial charge < -0.3 is 9.84 Å². The zero-order valence-electron chi connectivity index (χ0n) is 13.4. The second-order valence-corrected chi connectivity index (χ2v) is 6.49. The molecule has 2 aromatic carbocycles. The number of amides is 1. The molecule has 1 N–H and O–H groups in total. The summed E-state index contributed by atoms with van der Waals surface area (Å²) in [6.07, 6.45) is 0. The van der Waals surface area contributed by atoms with Gasteiger partial charge in [-0.05, 0) is 31.5 Å². The van der Waals surface area contributed by atoms with Crippen LogP contribution in [0, 0.1) is 6.92 Å². The van der Waals surface area contributed by atoms with Gasteiger partial charge in [0, 0.05) is 10.0 Å². The number of rotatable bonds is 4. The lowest BCUT2D eigenvalue weighted by atomic mass is 10.0. The highest BCUT2D eigenvalue weighted by atomic mass is 79.9. The lowest BCUT2D eigenvalue weighted by molar-refractivity contribution is 0.0939. The van der Waals surface area contributed by atoms with Gasteiger partial charge in [0.15, 0.2) is 0 Å². The van der Waals surface area contributed by atoms with Gasteiger partial charge in [-0.1, -0.05) is 63.6 Å². The van der Waals surface area contributed by atoms with E-state index in [2.05, 4.69) is 26.4 Å². The highest BCUT2D eigenvalue weighted by molar-refractivity contribution is 9.10. The molecule has 1 heterocycles. The molecule has 1 atom stereocenters. The number of nitrogens with one attached hydrogen (secondary N) is 1. The second kappa shape index (κ2) is 7.01. The van der Waals surface area contributed by atoms with Gasteiger partial charge in [-0.2, -0.15) is 0 Å². The molecular weight excluding hydrogens is 368 g/mol. The molecule has 0 aliphatic carbocycles. The van der Waals surface area contributed by atoms with Crippen LogP contribution in [0.3, 0.4) is 0 Å². The normalized spacial score (nSPS) is 12.0. The number of aromatic nitrogens is 1. The Balaban J connectivity index is 1.85. The number of carbonyl (C=O) groups is 1. The van der Waals surface area contributed by atoms with Crippen LogP contribution in [0.5, 0.6) is 0 Å². The molecule has 0 radical (unpaired) electrons. The Bertz CT molecular complexity index is 842. The first kappa shape index (κ1) is 16.5. The van der Waals surface area contributed by atoms with Crippen LogP contribution in [-0.4, -0.2) is 11.1 Å². The van der Waals surface area contributed by atoms with Crippen molar-refractivity contribution in [2.75, 3.05) is 0 Å². The maximum Gasteiger partial charge on any atom is 0.257 e. The van der Waals surface area contributed by atoms with E-state index in [-0.39, 0.29) is 11.9 Å². The Kier molecular flexibility index (Phi) is 4.81. The van der Waals surface area contributed by atoms with Gasteiger partial charge in [-0.3, -0.25) is 4.79 Å². The minimum Gasteiger partial charge on any atom is -0.360 e. The summed E-state index contributed by atoms with van der Waals surface area (Å²) >= 11 is 3.41. The predicted octanol–water partition coefficient (Wildman–Crippen LogP) is 4.90. The molecule has 4 nitrogen and oxygen atoms in total. The molecule has 0 fully saturated rings. The van der Waals surface area contributed by atoms with Crippen LogP contribution in [0.2, 0.25) is 0 Å². The first-order valence-electron chi connectivity index (χ1n) is 7.64. The van der Waals surface area contributed by atoms with Gasteiger partial charge in [0.1, 0.15) is 17.0 Å². The molecule has 0 aliphatic heterocycles. The fourth-order valence-electron chi connectivity index (χ4n) is 2.54. The first-order chi connectivity index (χ1) is 11.6. The van der Waals surface area contributed by atoms with Gasteiger partial charge >= 0.3 is 0 Å². The quantitative estimate of drug-likeness (QED) is 0.695. The monoisotopic (exact) mass is 384 g/mol. The van der Waals surface area contributed by atoms with Gasteiger partial charge in [-0.15, -0.1) is 0 Å². The number of aryl methyl sites for hydroxylation is 1. The molecule has 3 rings (SSSR count). The number of benzene rings is 2. The average Bonchev–Trinajstić information content (AvgIpc) is 2.98. The molecule has 3 aromatic rings. The molecule has 122 valence electrons. The van der Waals surface area contributed by atoms with E-state index in [0.29, 0.717) is 17.0 Å². The summed E-state index contributed by atoms with van der Waals surface area (Å²) in [7, 11) is 0. The van der Waals surface area contributed by atoms with E-state index in [4.69, 9.17) is 4.52 Å². The molecule has 0 saturated carbocycles. The molecular formula is C19H17BrN2O2. The summed E-state index contributed by atoms with van der Waals surface area (Å²) in [6.45, 7) is 3.70. The summed E-state index contributed by atoms with van der Waals surface area (Å²) in [6, 6.07) is 17.3. The summed E-state index contributed by atoms with van der Waals surface area (Å²) in [4.78, 5) is 12.8. The molecule has 1 unspecified atom stereocenters. The lowest BCUT2D eigenvalue weighted by Crippen LogP contribution is -2.27. The van der Waals surface area contributed by atoms with E-state index in [1.807, 2.05) is 61.5 Å². The van der Waals surface area contributed by atoms with Gasteiger partial charge in [0.25, 0.3) is 5.91 Å². The van der Waals surface area contributed by atoms with Gasteiger partial charge in [0.05, 0.1) is 6.04 Å². The highest BCUT2D eigenvalue weighted by Gasteiger charge is 2.22. The second-order valence-electron chi connectivity index (χ2n) is 5.58. The molecule has 0 bridgehead atoms. The smallest absolute Gasteiger partial charge is 0.257 e. The van der Waals surface area contributed by atoms with Crippen LogP contribution in [0.1, 0.15) is 34.6 Å². The topological polar surface area (TPSA) is 55.1 Å². The van der Waals surface area contributed by atoms with Gasteiger partial charge in [0.2, 0.25) is 0 Å².